The molecule has 0 aliphatic rings. The monoisotopic (exact) mass is 478 g/mol. The van der Waals surface area contributed by atoms with Gasteiger partial charge >= 0.3 is 5.97 Å². The number of nitrogens with one attached hydrogen (secondary N) is 1. The summed E-state index contributed by atoms with van der Waals surface area (Å²) >= 11 is 0. The number of nitrogens with zero attached hydrogens (tertiary/aromatic N) is 1. The fourth-order valence-corrected chi connectivity index (χ4v) is 2.99. The van der Waals surface area contributed by atoms with Crippen molar-refractivity contribution in [2.45, 2.75) is 33.7 Å². The van der Waals surface area contributed by atoms with Crippen molar-refractivity contribution in [1.29, 1.82) is 5.26 Å². The molecule has 0 aliphatic carbocycles. The summed E-state index contributed by atoms with van der Waals surface area (Å²) in [4.78, 5) is 24.5. The van der Waals surface area contributed by atoms with Crippen LogP contribution in [0.4, 0.5) is 0 Å². The minimum absolute atomic E-state index is 0.0461. The van der Waals surface area contributed by atoms with Crippen LogP contribution in [0.25, 0.3) is 12.2 Å². The molecular formula is C27H30N2O6. The SMILES string of the molecule is CCOc1ccc(/C=C/C(=O)Oc2ccc(/C=C(\C#N)C(=O)NC(C)C)cc2OC)cc1OCC. The molecule has 0 spiro atoms. The number of amides is 1. The molecule has 35 heavy (non-hydrogen) atoms. The number of carbonyl (C=O) groups excluding carboxylic acids is 2. The molecule has 0 saturated heterocycles. The number of hydrogen-bond donors (Lipinski definition) is 1. The highest BCUT2D eigenvalue weighted by Crippen LogP contribution is 2.30. The highest BCUT2D eigenvalue weighted by atomic mass is 16.6. The van der Waals surface area contributed by atoms with Gasteiger partial charge < -0.3 is 24.3 Å². The van der Waals surface area contributed by atoms with Gasteiger partial charge in [-0.1, -0.05) is 12.1 Å². The van der Waals surface area contributed by atoms with E-state index >= 15 is 0 Å². The van der Waals surface area contributed by atoms with E-state index in [4.69, 9.17) is 18.9 Å². The van der Waals surface area contributed by atoms with Crippen LogP contribution in [0.5, 0.6) is 23.0 Å². The van der Waals surface area contributed by atoms with Crippen molar-refractivity contribution in [1.82, 2.24) is 5.32 Å². The zero-order chi connectivity index (χ0) is 25.8. The number of carbonyl (C=O) groups is 2. The maximum absolute atomic E-state index is 12.4. The number of esters is 1. The van der Waals surface area contributed by atoms with Crippen LogP contribution in [0.15, 0.2) is 48.0 Å². The lowest BCUT2D eigenvalue weighted by atomic mass is 10.1. The first-order chi connectivity index (χ1) is 16.8. The first-order valence-corrected chi connectivity index (χ1v) is 11.2. The van der Waals surface area contributed by atoms with Gasteiger partial charge in [-0.05, 0) is 75.2 Å². The molecule has 1 amide bonds. The lowest BCUT2D eigenvalue weighted by molar-refractivity contribution is -0.129. The van der Waals surface area contributed by atoms with Gasteiger partial charge in [0.15, 0.2) is 23.0 Å². The number of hydrogen-bond acceptors (Lipinski definition) is 7. The predicted octanol–water partition coefficient (Wildman–Crippen LogP) is 4.54. The largest absolute Gasteiger partial charge is 0.493 e. The summed E-state index contributed by atoms with van der Waals surface area (Å²) in [7, 11) is 1.43. The standard InChI is InChI=1S/C27H30N2O6/c1-6-33-22-11-8-19(15-25(22)34-7-2)10-13-26(30)35-23-12-9-20(16-24(23)32-5)14-21(17-28)27(31)29-18(3)4/h8-16,18H,6-7H2,1-5H3,(H,29,31)/b13-10+,21-14+. The molecule has 0 aliphatic heterocycles. The number of ether oxygens (including phenoxy) is 4. The molecule has 2 aromatic rings. The van der Waals surface area contributed by atoms with Crippen LogP contribution in [-0.4, -0.2) is 38.2 Å². The fourth-order valence-electron chi connectivity index (χ4n) is 2.99. The van der Waals surface area contributed by atoms with E-state index in [-0.39, 0.29) is 23.1 Å². The first-order valence-electron chi connectivity index (χ1n) is 11.2. The second-order valence-electron chi connectivity index (χ2n) is 7.53. The molecular weight excluding hydrogens is 448 g/mol. The Balaban J connectivity index is 2.17. The Morgan fingerprint density at radius 3 is 2.23 bits per heavy atom. The summed E-state index contributed by atoms with van der Waals surface area (Å²) in [5.74, 6) is 0.632. The molecule has 0 aromatic heterocycles. The summed E-state index contributed by atoms with van der Waals surface area (Å²) in [6, 6.07) is 11.9. The smallest absolute Gasteiger partial charge is 0.336 e. The average Bonchev–Trinajstić information content (AvgIpc) is 2.83. The Kier molecular flexibility index (Phi) is 10.4. The lowest BCUT2D eigenvalue weighted by Gasteiger charge is -2.11. The summed E-state index contributed by atoms with van der Waals surface area (Å²) < 4.78 is 21.9. The molecule has 184 valence electrons. The second-order valence-corrected chi connectivity index (χ2v) is 7.53. The molecule has 0 bridgehead atoms. The minimum atomic E-state index is -0.604. The zero-order valence-electron chi connectivity index (χ0n) is 20.6. The summed E-state index contributed by atoms with van der Waals surface area (Å²) in [6.45, 7) is 8.39. The Morgan fingerprint density at radius 1 is 0.971 bits per heavy atom. The van der Waals surface area contributed by atoms with Crippen molar-refractivity contribution in [3.63, 3.8) is 0 Å². The van der Waals surface area contributed by atoms with Gasteiger partial charge in [-0.2, -0.15) is 5.26 Å². The van der Waals surface area contributed by atoms with Crippen LogP contribution in [0.1, 0.15) is 38.8 Å². The first kappa shape index (κ1) is 27.0. The molecule has 1 N–H and O–H groups in total. The van der Waals surface area contributed by atoms with E-state index in [1.54, 1.807) is 50.3 Å². The molecule has 0 heterocycles. The van der Waals surface area contributed by atoms with E-state index in [2.05, 4.69) is 5.32 Å². The van der Waals surface area contributed by atoms with Crippen molar-refractivity contribution >= 4 is 24.0 Å². The maximum atomic E-state index is 12.4. The van der Waals surface area contributed by atoms with E-state index < -0.39 is 11.9 Å². The number of nitriles is 1. The predicted molar refractivity (Wildman–Crippen MR) is 133 cm³/mol. The second kappa shape index (κ2) is 13.5. The molecule has 8 nitrogen and oxygen atoms in total. The molecule has 8 heteroatoms. The van der Waals surface area contributed by atoms with Gasteiger partial charge in [0, 0.05) is 12.1 Å². The van der Waals surface area contributed by atoms with Crippen LogP contribution in [0.2, 0.25) is 0 Å². The van der Waals surface area contributed by atoms with Gasteiger partial charge in [-0.3, -0.25) is 4.79 Å². The van der Waals surface area contributed by atoms with Crippen LogP contribution >= 0.6 is 0 Å². The Hall–Kier alpha value is -4.25. The third-order valence-electron chi connectivity index (χ3n) is 4.47. The van der Waals surface area contributed by atoms with E-state index in [0.29, 0.717) is 30.3 Å². The van der Waals surface area contributed by atoms with E-state index in [9.17, 15) is 14.9 Å². The van der Waals surface area contributed by atoms with Gasteiger partial charge in [0.2, 0.25) is 0 Å². The van der Waals surface area contributed by atoms with Crippen molar-refractivity contribution < 1.29 is 28.5 Å². The molecule has 0 unspecified atom stereocenters. The average molecular weight is 479 g/mol. The Bertz CT molecular complexity index is 1140. The Morgan fingerprint density at radius 2 is 1.60 bits per heavy atom. The number of benzene rings is 2. The van der Waals surface area contributed by atoms with Gasteiger partial charge in [-0.15, -0.1) is 0 Å². The molecule has 2 rings (SSSR count). The highest BCUT2D eigenvalue weighted by Gasteiger charge is 2.13. The van der Waals surface area contributed by atoms with Gasteiger partial charge in [0.25, 0.3) is 5.91 Å². The van der Waals surface area contributed by atoms with Gasteiger partial charge in [0.1, 0.15) is 11.6 Å². The topological polar surface area (TPSA) is 107 Å². The van der Waals surface area contributed by atoms with Crippen molar-refractivity contribution in [3.8, 4) is 29.1 Å². The van der Waals surface area contributed by atoms with Crippen molar-refractivity contribution in [2.75, 3.05) is 20.3 Å². The molecule has 0 fully saturated rings. The van der Waals surface area contributed by atoms with Gasteiger partial charge in [-0.25, -0.2) is 4.79 Å². The zero-order valence-corrected chi connectivity index (χ0v) is 20.6. The lowest BCUT2D eigenvalue weighted by Crippen LogP contribution is -2.30. The van der Waals surface area contributed by atoms with E-state index in [1.165, 1.54) is 25.3 Å². The van der Waals surface area contributed by atoms with E-state index in [1.807, 2.05) is 19.9 Å². The molecule has 2 aromatic carbocycles. The minimum Gasteiger partial charge on any atom is -0.493 e. The fraction of sp³-hybridized carbons (Fsp3) is 0.296. The van der Waals surface area contributed by atoms with Crippen molar-refractivity contribution in [3.05, 3.63) is 59.2 Å². The molecule has 0 saturated carbocycles. The third kappa shape index (κ3) is 8.23. The quantitative estimate of drug-likeness (QED) is 0.219. The van der Waals surface area contributed by atoms with Crippen LogP contribution in [0, 0.1) is 11.3 Å². The Labute approximate surface area is 205 Å². The normalized spacial score (nSPS) is 11.2. The summed E-state index contributed by atoms with van der Waals surface area (Å²) in [5, 5.41) is 12.0. The summed E-state index contributed by atoms with van der Waals surface area (Å²) in [6.07, 6.45) is 4.34. The number of methoxy groups -OCH3 is 1. The molecule has 0 atom stereocenters. The van der Waals surface area contributed by atoms with Crippen LogP contribution < -0.4 is 24.3 Å². The number of rotatable bonds is 11. The van der Waals surface area contributed by atoms with Gasteiger partial charge in [0.05, 0.1) is 20.3 Å². The van der Waals surface area contributed by atoms with Crippen molar-refractivity contribution in [2.24, 2.45) is 0 Å². The van der Waals surface area contributed by atoms with Crippen LogP contribution in [0.3, 0.4) is 0 Å². The highest BCUT2D eigenvalue weighted by molar-refractivity contribution is 6.01. The molecule has 0 radical (unpaired) electrons. The maximum Gasteiger partial charge on any atom is 0.336 e. The third-order valence-corrected chi connectivity index (χ3v) is 4.47. The van der Waals surface area contributed by atoms with Crippen LogP contribution in [-0.2, 0) is 9.59 Å². The van der Waals surface area contributed by atoms with E-state index in [0.717, 1.165) is 5.56 Å². The summed E-state index contributed by atoms with van der Waals surface area (Å²) in [5.41, 5.74) is 1.24.